The van der Waals surface area contributed by atoms with Crippen LogP contribution in [-0.4, -0.2) is 31.6 Å². The molecule has 0 radical (unpaired) electrons. The molecule has 0 atom stereocenters. The average Bonchev–Trinajstić information content (AvgIpc) is 3.41. The Hall–Kier alpha value is -2.83. The first-order valence-corrected chi connectivity index (χ1v) is 11.8. The second kappa shape index (κ2) is 9.35. The Kier molecular flexibility index (Phi) is 6.53. The van der Waals surface area contributed by atoms with Crippen LogP contribution in [-0.2, 0) is 11.0 Å². The summed E-state index contributed by atoms with van der Waals surface area (Å²) in [5.41, 5.74) is 0.866. The van der Waals surface area contributed by atoms with Crippen molar-refractivity contribution in [1.29, 1.82) is 0 Å². The van der Waals surface area contributed by atoms with E-state index in [1.807, 2.05) is 17.7 Å². The maximum absolute atomic E-state index is 13.1. The molecule has 164 valence electrons. The van der Waals surface area contributed by atoms with E-state index >= 15 is 0 Å². The van der Waals surface area contributed by atoms with Gasteiger partial charge in [0.1, 0.15) is 16.4 Å². The van der Waals surface area contributed by atoms with Gasteiger partial charge in [-0.15, -0.1) is 22.7 Å². The minimum absolute atomic E-state index is 0.143. The largest absolute Gasteiger partial charge is 0.418 e. The molecule has 0 fully saturated rings. The Bertz CT molecular complexity index is 1260. The normalized spacial score (nSPS) is 11.5. The topological polar surface area (TPSA) is 80.7 Å². The van der Waals surface area contributed by atoms with Gasteiger partial charge in [0.25, 0.3) is 0 Å². The highest BCUT2D eigenvalue weighted by atomic mass is 32.2. The van der Waals surface area contributed by atoms with Gasteiger partial charge in [0.15, 0.2) is 5.16 Å². The van der Waals surface area contributed by atoms with Crippen LogP contribution >= 0.6 is 34.4 Å². The first kappa shape index (κ1) is 22.4. The molecule has 1 aromatic carbocycles. The number of thioether (sulfide) groups is 1. The molecule has 0 spiro atoms. The highest BCUT2D eigenvalue weighted by Gasteiger charge is 2.33. The third-order valence-electron chi connectivity index (χ3n) is 4.08. The van der Waals surface area contributed by atoms with Crippen molar-refractivity contribution in [3.05, 3.63) is 57.9 Å². The number of hydrogen-bond acceptors (Lipinski definition) is 8. The molecule has 0 aliphatic carbocycles. The molecule has 0 aliphatic heterocycles. The van der Waals surface area contributed by atoms with Gasteiger partial charge in [-0.3, -0.25) is 4.79 Å². The van der Waals surface area contributed by atoms with Crippen molar-refractivity contribution < 1.29 is 18.0 Å². The number of rotatable bonds is 6. The Balaban J connectivity index is 1.42. The lowest BCUT2D eigenvalue weighted by atomic mass is 10.1. The van der Waals surface area contributed by atoms with E-state index in [9.17, 15) is 18.0 Å². The number of aryl methyl sites for hydroxylation is 1. The van der Waals surface area contributed by atoms with E-state index in [2.05, 4.69) is 25.3 Å². The van der Waals surface area contributed by atoms with Crippen LogP contribution in [0.1, 0.15) is 10.6 Å². The van der Waals surface area contributed by atoms with Gasteiger partial charge in [0, 0.05) is 17.0 Å². The van der Waals surface area contributed by atoms with Crippen molar-refractivity contribution in [2.75, 3.05) is 11.1 Å². The van der Waals surface area contributed by atoms with Gasteiger partial charge in [-0.25, -0.2) is 19.9 Å². The molecule has 0 saturated carbocycles. The monoisotopic (exact) mass is 493 g/mol. The first-order valence-electron chi connectivity index (χ1n) is 9.10. The molecule has 4 aromatic rings. The summed E-state index contributed by atoms with van der Waals surface area (Å²) in [5.74, 6) is -0.730. The second-order valence-electron chi connectivity index (χ2n) is 6.39. The molecule has 3 heterocycles. The standard InChI is InChI=1S/C20H14F3N5OS3/c1-11-25-16(9-30-11)18-27-15(8-31-18)14-6-7-24-19(28-14)32-10-17(29)26-13-5-3-2-4-12(13)20(21,22)23/h2-9H,10H2,1H3,(H,26,29). The fourth-order valence-corrected chi connectivity index (χ4v) is 4.76. The van der Waals surface area contributed by atoms with Crippen LogP contribution in [0, 0.1) is 6.92 Å². The number of hydrogen-bond donors (Lipinski definition) is 1. The summed E-state index contributed by atoms with van der Waals surface area (Å²) < 4.78 is 39.2. The lowest BCUT2D eigenvalue weighted by Crippen LogP contribution is -2.18. The maximum atomic E-state index is 13.1. The van der Waals surface area contributed by atoms with E-state index in [0.717, 1.165) is 33.5 Å². The molecule has 0 unspecified atom stereocenters. The van der Waals surface area contributed by atoms with Gasteiger partial charge >= 0.3 is 6.18 Å². The third-order valence-corrected chi connectivity index (χ3v) is 6.58. The Labute approximate surface area is 193 Å². The van der Waals surface area contributed by atoms with Crippen molar-refractivity contribution >= 4 is 46.0 Å². The van der Waals surface area contributed by atoms with Crippen molar-refractivity contribution in [1.82, 2.24) is 19.9 Å². The summed E-state index contributed by atoms with van der Waals surface area (Å²) in [4.78, 5) is 29.7. The fourth-order valence-electron chi connectivity index (χ4n) is 2.68. The number of halogens is 3. The van der Waals surface area contributed by atoms with Crippen molar-refractivity contribution in [2.45, 2.75) is 18.3 Å². The first-order chi connectivity index (χ1) is 15.3. The highest BCUT2D eigenvalue weighted by molar-refractivity contribution is 7.99. The van der Waals surface area contributed by atoms with Crippen molar-refractivity contribution in [2.24, 2.45) is 0 Å². The zero-order valence-corrected chi connectivity index (χ0v) is 18.8. The van der Waals surface area contributed by atoms with Crippen molar-refractivity contribution in [3.63, 3.8) is 0 Å². The molecule has 1 N–H and O–H groups in total. The number of benzene rings is 1. The summed E-state index contributed by atoms with van der Waals surface area (Å²) in [6.45, 7) is 1.93. The second-order valence-corrected chi connectivity index (χ2v) is 9.26. The van der Waals surface area contributed by atoms with Crippen LogP contribution in [0.15, 0.2) is 52.4 Å². The summed E-state index contributed by atoms with van der Waals surface area (Å²) in [6, 6.07) is 6.54. The van der Waals surface area contributed by atoms with E-state index in [4.69, 9.17) is 0 Å². The molecule has 12 heteroatoms. The number of carbonyl (C=O) groups excluding carboxylic acids is 1. The van der Waals surface area contributed by atoms with E-state index in [-0.39, 0.29) is 11.4 Å². The van der Waals surface area contributed by atoms with Gasteiger partial charge in [0.2, 0.25) is 5.91 Å². The summed E-state index contributed by atoms with van der Waals surface area (Å²) in [6.07, 6.45) is -3.01. The molecular weight excluding hydrogens is 479 g/mol. The van der Waals surface area contributed by atoms with Crippen LogP contribution in [0.2, 0.25) is 0 Å². The zero-order chi connectivity index (χ0) is 22.7. The summed E-state index contributed by atoms with van der Waals surface area (Å²) in [7, 11) is 0. The number of nitrogens with one attached hydrogen (secondary N) is 1. The minimum atomic E-state index is -4.56. The highest BCUT2D eigenvalue weighted by Crippen LogP contribution is 2.34. The average molecular weight is 494 g/mol. The van der Waals surface area contributed by atoms with Crippen LogP contribution in [0.25, 0.3) is 22.1 Å². The third kappa shape index (κ3) is 5.31. The summed E-state index contributed by atoms with van der Waals surface area (Å²) >= 11 is 4.02. The lowest BCUT2D eigenvalue weighted by molar-refractivity contribution is -0.137. The number of nitrogens with zero attached hydrogens (tertiary/aromatic N) is 4. The number of aromatic nitrogens is 4. The number of thiazole rings is 2. The smallest absolute Gasteiger partial charge is 0.325 e. The minimum Gasteiger partial charge on any atom is -0.325 e. The Morgan fingerprint density at radius 3 is 2.56 bits per heavy atom. The number of para-hydroxylation sites is 1. The molecule has 4 rings (SSSR count). The van der Waals surface area contributed by atoms with Crippen LogP contribution in [0.5, 0.6) is 0 Å². The predicted octanol–water partition coefficient (Wildman–Crippen LogP) is 5.78. The van der Waals surface area contributed by atoms with Crippen LogP contribution in [0.4, 0.5) is 18.9 Å². The molecule has 1 amide bonds. The lowest BCUT2D eigenvalue weighted by Gasteiger charge is -2.13. The Morgan fingerprint density at radius 1 is 1.03 bits per heavy atom. The molecule has 0 saturated heterocycles. The molecule has 0 bridgehead atoms. The van der Waals surface area contributed by atoms with E-state index < -0.39 is 17.6 Å². The van der Waals surface area contributed by atoms with E-state index in [1.165, 1.54) is 29.5 Å². The van der Waals surface area contributed by atoms with Gasteiger partial charge in [-0.2, -0.15) is 13.2 Å². The molecule has 3 aromatic heterocycles. The van der Waals surface area contributed by atoms with Gasteiger partial charge < -0.3 is 5.32 Å². The zero-order valence-electron chi connectivity index (χ0n) is 16.4. The Morgan fingerprint density at radius 2 is 1.81 bits per heavy atom. The van der Waals surface area contributed by atoms with Crippen molar-refractivity contribution in [3.8, 4) is 22.1 Å². The molecule has 0 aliphatic rings. The SMILES string of the molecule is Cc1nc(-c2nc(-c3ccnc(SCC(=O)Nc4ccccc4C(F)(F)F)n3)cs2)cs1. The van der Waals surface area contributed by atoms with Crippen LogP contribution in [0.3, 0.4) is 0 Å². The van der Waals surface area contributed by atoms with E-state index in [0.29, 0.717) is 16.5 Å². The number of carbonyl (C=O) groups is 1. The maximum Gasteiger partial charge on any atom is 0.418 e. The molecular formula is C20H14F3N5OS3. The van der Waals surface area contributed by atoms with Gasteiger partial charge in [-0.1, -0.05) is 23.9 Å². The summed E-state index contributed by atoms with van der Waals surface area (Å²) in [5, 5.41) is 8.16. The predicted molar refractivity (Wildman–Crippen MR) is 120 cm³/mol. The molecule has 6 nitrogen and oxygen atoms in total. The van der Waals surface area contributed by atoms with Gasteiger partial charge in [0.05, 0.1) is 27.7 Å². The fraction of sp³-hybridized carbons (Fsp3) is 0.150. The van der Waals surface area contributed by atoms with Gasteiger partial charge in [-0.05, 0) is 25.1 Å². The number of anilines is 1. The molecule has 32 heavy (non-hydrogen) atoms. The van der Waals surface area contributed by atoms with Crippen LogP contribution < -0.4 is 5.32 Å². The van der Waals surface area contributed by atoms with E-state index in [1.54, 1.807) is 23.6 Å². The quantitative estimate of drug-likeness (QED) is 0.271. The number of amides is 1. The number of alkyl halides is 3.